The van der Waals surface area contributed by atoms with Crippen molar-refractivity contribution >= 4 is 11.3 Å². The van der Waals surface area contributed by atoms with Crippen LogP contribution in [0.2, 0.25) is 0 Å². The van der Waals surface area contributed by atoms with Crippen LogP contribution in [0.4, 0.5) is 5.69 Å². The van der Waals surface area contributed by atoms with Crippen molar-refractivity contribution in [2.45, 2.75) is 6.54 Å². The van der Waals surface area contributed by atoms with Crippen LogP contribution in [0.25, 0.3) is 16.9 Å². The number of benzene rings is 1. The molecule has 22 heavy (non-hydrogen) atoms. The molecule has 0 amide bonds. The monoisotopic (exact) mass is 296 g/mol. The first-order chi connectivity index (χ1) is 10.6. The van der Waals surface area contributed by atoms with Gasteiger partial charge in [0.2, 0.25) is 0 Å². The van der Waals surface area contributed by atoms with Gasteiger partial charge >= 0.3 is 0 Å². The number of imidazole rings is 1. The van der Waals surface area contributed by atoms with Gasteiger partial charge in [-0.05, 0) is 38.4 Å². The van der Waals surface area contributed by atoms with Gasteiger partial charge in [-0.3, -0.25) is 0 Å². The van der Waals surface area contributed by atoms with E-state index in [-0.39, 0.29) is 0 Å². The standard InChI is InChI=1S/C17H20N4O/c1-20(2)11-15-17(12-5-4-6-14(9-12)22-3)19-16-8-7-13(18)10-21(15)16/h4-10H,11,18H2,1-3H3. The lowest BCUT2D eigenvalue weighted by molar-refractivity contribution is 0.396. The van der Waals surface area contributed by atoms with E-state index in [0.29, 0.717) is 0 Å². The fourth-order valence-electron chi connectivity index (χ4n) is 2.56. The largest absolute Gasteiger partial charge is 0.497 e. The molecule has 5 heteroatoms. The van der Waals surface area contributed by atoms with Crippen molar-refractivity contribution in [1.29, 1.82) is 0 Å². The molecule has 0 bridgehead atoms. The quantitative estimate of drug-likeness (QED) is 0.804. The normalized spacial score (nSPS) is 11.3. The number of fused-ring (bicyclic) bond motifs is 1. The predicted octanol–water partition coefficient (Wildman–Crippen LogP) is 2.65. The Morgan fingerprint density at radius 1 is 1.23 bits per heavy atom. The van der Waals surface area contributed by atoms with Crippen LogP contribution in [0.15, 0.2) is 42.6 Å². The SMILES string of the molecule is COc1cccc(-c2nc3ccc(N)cn3c2CN(C)C)c1. The van der Waals surface area contributed by atoms with Crippen LogP contribution in [-0.2, 0) is 6.54 Å². The van der Waals surface area contributed by atoms with Gasteiger partial charge in [0.1, 0.15) is 11.4 Å². The summed E-state index contributed by atoms with van der Waals surface area (Å²) in [5, 5.41) is 0. The maximum absolute atomic E-state index is 5.93. The Hall–Kier alpha value is -2.53. The number of anilines is 1. The van der Waals surface area contributed by atoms with Gasteiger partial charge in [0.15, 0.2) is 0 Å². The molecule has 5 nitrogen and oxygen atoms in total. The molecule has 2 heterocycles. The lowest BCUT2D eigenvalue weighted by Crippen LogP contribution is -2.13. The molecule has 0 aliphatic carbocycles. The van der Waals surface area contributed by atoms with Crippen molar-refractivity contribution in [3.8, 4) is 17.0 Å². The summed E-state index contributed by atoms with van der Waals surface area (Å²) in [6, 6.07) is 11.8. The molecule has 1 aromatic carbocycles. The smallest absolute Gasteiger partial charge is 0.137 e. The highest BCUT2D eigenvalue weighted by molar-refractivity contribution is 5.68. The van der Waals surface area contributed by atoms with Crippen LogP contribution >= 0.6 is 0 Å². The Bertz CT molecular complexity index is 808. The first-order valence-corrected chi connectivity index (χ1v) is 7.14. The Balaban J connectivity index is 2.22. The molecule has 0 fully saturated rings. The minimum absolute atomic E-state index is 0.724. The van der Waals surface area contributed by atoms with Crippen molar-refractivity contribution in [3.63, 3.8) is 0 Å². The fourth-order valence-corrected chi connectivity index (χ4v) is 2.56. The van der Waals surface area contributed by atoms with Crippen molar-refractivity contribution < 1.29 is 4.74 Å². The number of nitrogens with two attached hydrogens (primary N) is 1. The van der Waals surface area contributed by atoms with E-state index in [9.17, 15) is 0 Å². The number of aromatic nitrogens is 2. The van der Waals surface area contributed by atoms with Crippen molar-refractivity contribution in [1.82, 2.24) is 14.3 Å². The molecule has 0 aliphatic rings. The van der Waals surface area contributed by atoms with Gasteiger partial charge in [-0.25, -0.2) is 4.98 Å². The average Bonchev–Trinajstić information content (AvgIpc) is 2.85. The second-order valence-electron chi connectivity index (χ2n) is 5.57. The first-order valence-electron chi connectivity index (χ1n) is 7.14. The van der Waals surface area contributed by atoms with E-state index in [1.54, 1.807) is 7.11 Å². The maximum atomic E-state index is 5.93. The number of nitrogen functional groups attached to an aromatic ring is 1. The van der Waals surface area contributed by atoms with Gasteiger partial charge in [0, 0.05) is 24.0 Å². The zero-order valence-electron chi connectivity index (χ0n) is 13.1. The summed E-state index contributed by atoms with van der Waals surface area (Å²) in [4.78, 5) is 6.90. The summed E-state index contributed by atoms with van der Waals surface area (Å²) < 4.78 is 7.39. The number of rotatable bonds is 4. The summed E-state index contributed by atoms with van der Waals surface area (Å²) in [5.41, 5.74) is 10.7. The van der Waals surface area contributed by atoms with Gasteiger partial charge < -0.3 is 19.8 Å². The van der Waals surface area contributed by atoms with Crippen LogP contribution in [0.1, 0.15) is 5.69 Å². The van der Waals surface area contributed by atoms with Gasteiger partial charge in [0.25, 0.3) is 0 Å². The van der Waals surface area contributed by atoms with E-state index in [4.69, 9.17) is 15.5 Å². The topological polar surface area (TPSA) is 55.8 Å². The van der Waals surface area contributed by atoms with E-state index in [1.807, 2.05) is 56.7 Å². The highest BCUT2D eigenvalue weighted by Gasteiger charge is 2.15. The number of methoxy groups -OCH3 is 1. The fraction of sp³-hybridized carbons (Fsp3) is 0.235. The zero-order valence-corrected chi connectivity index (χ0v) is 13.1. The van der Waals surface area contributed by atoms with Gasteiger partial charge in [-0.1, -0.05) is 12.1 Å². The molecule has 0 unspecified atom stereocenters. The van der Waals surface area contributed by atoms with Gasteiger partial charge in [0.05, 0.1) is 18.5 Å². The van der Waals surface area contributed by atoms with Crippen LogP contribution < -0.4 is 10.5 Å². The molecule has 0 radical (unpaired) electrons. The van der Waals surface area contributed by atoms with Gasteiger partial charge in [-0.15, -0.1) is 0 Å². The lowest BCUT2D eigenvalue weighted by atomic mass is 10.1. The second-order valence-corrected chi connectivity index (χ2v) is 5.57. The number of nitrogens with zero attached hydrogens (tertiary/aromatic N) is 3. The van der Waals surface area contributed by atoms with E-state index in [0.717, 1.165) is 40.6 Å². The minimum atomic E-state index is 0.724. The van der Waals surface area contributed by atoms with Crippen LogP contribution in [0.5, 0.6) is 5.75 Å². The summed E-state index contributed by atoms with van der Waals surface area (Å²) in [7, 11) is 5.76. The Morgan fingerprint density at radius 3 is 2.77 bits per heavy atom. The zero-order chi connectivity index (χ0) is 15.7. The minimum Gasteiger partial charge on any atom is -0.497 e. The number of pyridine rings is 1. The molecule has 3 rings (SSSR count). The maximum Gasteiger partial charge on any atom is 0.137 e. The third kappa shape index (κ3) is 2.63. The van der Waals surface area contributed by atoms with E-state index >= 15 is 0 Å². The number of hydrogen-bond donors (Lipinski definition) is 1. The summed E-state index contributed by atoms with van der Waals surface area (Å²) in [6.07, 6.45) is 1.92. The van der Waals surface area contributed by atoms with Crippen molar-refractivity contribution in [2.24, 2.45) is 0 Å². The Labute approximate surface area is 129 Å². The Morgan fingerprint density at radius 2 is 2.05 bits per heavy atom. The van der Waals surface area contributed by atoms with Crippen LogP contribution in [0.3, 0.4) is 0 Å². The molecule has 0 saturated carbocycles. The van der Waals surface area contributed by atoms with Gasteiger partial charge in [-0.2, -0.15) is 0 Å². The summed E-state index contributed by atoms with van der Waals surface area (Å²) in [6.45, 7) is 0.775. The third-order valence-electron chi connectivity index (χ3n) is 3.55. The van der Waals surface area contributed by atoms with Crippen molar-refractivity contribution in [2.75, 3.05) is 26.9 Å². The molecule has 3 aromatic rings. The molecule has 2 aromatic heterocycles. The van der Waals surface area contributed by atoms with Crippen molar-refractivity contribution in [3.05, 3.63) is 48.3 Å². The average molecular weight is 296 g/mol. The molecular weight excluding hydrogens is 276 g/mol. The number of ether oxygens (including phenoxy) is 1. The lowest BCUT2D eigenvalue weighted by Gasteiger charge is -2.12. The summed E-state index contributed by atoms with van der Waals surface area (Å²) in [5.74, 6) is 0.824. The highest BCUT2D eigenvalue weighted by atomic mass is 16.5. The summed E-state index contributed by atoms with van der Waals surface area (Å²) >= 11 is 0. The highest BCUT2D eigenvalue weighted by Crippen LogP contribution is 2.28. The molecule has 2 N–H and O–H groups in total. The molecule has 0 saturated heterocycles. The third-order valence-corrected chi connectivity index (χ3v) is 3.55. The van der Waals surface area contributed by atoms with E-state index in [2.05, 4.69) is 9.30 Å². The van der Waals surface area contributed by atoms with E-state index < -0.39 is 0 Å². The first kappa shape index (κ1) is 14.4. The second kappa shape index (κ2) is 5.69. The van der Waals surface area contributed by atoms with E-state index in [1.165, 1.54) is 0 Å². The molecule has 0 atom stereocenters. The molecule has 0 spiro atoms. The van der Waals surface area contributed by atoms with Crippen LogP contribution in [-0.4, -0.2) is 35.5 Å². The Kier molecular flexibility index (Phi) is 3.73. The number of hydrogen-bond acceptors (Lipinski definition) is 4. The molecule has 0 aliphatic heterocycles. The predicted molar refractivity (Wildman–Crippen MR) is 89.0 cm³/mol. The van der Waals surface area contributed by atoms with Crippen LogP contribution in [0, 0.1) is 0 Å². The molecule has 114 valence electrons. The molecular formula is C17H20N4O.